The first kappa shape index (κ1) is 15.1. The van der Waals surface area contributed by atoms with Crippen molar-refractivity contribution in [2.45, 2.75) is 37.6 Å². The second-order valence-corrected chi connectivity index (χ2v) is 7.07. The van der Waals surface area contributed by atoms with E-state index < -0.39 is 0 Å². The standard InChI is InChI=1S/C18H19BrClN/c19-16-10-14(8-9-17(16)20)18(21)11-13-6-3-5-12-4-1-2-7-15(12)13/h1-2,4,7-10,13,18H,3,5-6,11,21H2. The summed E-state index contributed by atoms with van der Waals surface area (Å²) in [6.07, 6.45) is 4.69. The highest BCUT2D eigenvalue weighted by molar-refractivity contribution is 9.10. The van der Waals surface area contributed by atoms with Crippen LogP contribution < -0.4 is 5.73 Å². The predicted molar refractivity (Wildman–Crippen MR) is 92.8 cm³/mol. The van der Waals surface area contributed by atoms with Crippen molar-refractivity contribution in [3.8, 4) is 0 Å². The van der Waals surface area contributed by atoms with E-state index in [0.29, 0.717) is 5.92 Å². The molecule has 0 radical (unpaired) electrons. The molecule has 0 fully saturated rings. The fraction of sp³-hybridized carbons (Fsp3) is 0.333. The lowest BCUT2D eigenvalue weighted by molar-refractivity contribution is 0.476. The van der Waals surface area contributed by atoms with Gasteiger partial charge in [-0.25, -0.2) is 0 Å². The summed E-state index contributed by atoms with van der Waals surface area (Å²) in [5.74, 6) is 0.569. The lowest BCUT2D eigenvalue weighted by Gasteiger charge is -2.28. The average Bonchev–Trinajstić information content (AvgIpc) is 2.50. The summed E-state index contributed by atoms with van der Waals surface area (Å²) in [6.45, 7) is 0. The van der Waals surface area contributed by atoms with Crippen molar-refractivity contribution in [1.29, 1.82) is 0 Å². The van der Waals surface area contributed by atoms with E-state index in [1.54, 1.807) is 0 Å². The highest BCUT2D eigenvalue weighted by atomic mass is 79.9. The zero-order valence-corrected chi connectivity index (χ0v) is 14.2. The highest BCUT2D eigenvalue weighted by Crippen LogP contribution is 2.37. The van der Waals surface area contributed by atoms with Crippen molar-refractivity contribution in [3.05, 3.63) is 68.7 Å². The maximum Gasteiger partial charge on any atom is 0.0548 e. The van der Waals surface area contributed by atoms with E-state index in [1.807, 2.05) is 18.2 Å². The molecule has 0 aliphatic heterocycles. The molecule has 0 aromatic heterocycles. The summed E-state index contributed by atoms with van der Waals surface area (Å²) in [6, 6.07) is 14.8. The molecule has 3 heteroatoms. The summed E-state index contributed by atoms with van der Waals surface area (Å²) < 4.78 is 0.918. The summed E-state index contributed by atoms with van der Waals surface area (Å²) in [7, 11) is 0. The number of nitrogens with two attached hydrogens (primary N) is 1. The Labute approximate surface area is 139 Å². The molecule has 0 bridgehead atoms. The number of halogens is 2. The minimum atomic E-state index is 0.0507. The fourth-order valence-electron chi connectivity index (χ4n) is 3.28. The van der Waals surface area contributed by atoms with Crippen LogP contribution in [0.5, 0.6) is 0 Å². The van der Waals surface area contributed by atoms with Crippen molar-refractivity contribution in [2.24, 2.45) is 5.73 Å². The van der Waals surface area contributed by atoms with Crippen LogP contribution in [0.2, 0.25) is 5.02 Å². The van der Waals surface area contributed by atoms with Crippen molar-refractivity contribution in [3.63, 3.8) is 0 Å². The molecule has 2 atom stereocenters. The van der Waals surface area contributed by atoms with E-state index in [0.717, 1.165) is 21.5 Å². The number of hydrogen-bond acceptors (Lipinski definition) is 1. The summed E-state index contributed by atoms with van der Waals surface area (Å²) in [5.41, 5.74) is 10.6. The monoisotopic (exact) mass is 363 g/mol. The van der Waals surface area contributed by atoms with E-state index in [4.69, 9.17) is 17.3 Å². The first-order chi connectivity index (χ1) is 10.1. The first-order valence-electron chi connectivity index (χ1n) is 7.43. The van der Waals surface area contributed by atoms with Gasteiger partial charge < -0.3 is 5.73 Å². The molecule has 1 nitrogen and oxygen atoms in total. The largest absolute Gasteiger partial charge is 0.324 e. The van der Waals surface area contributed by atoms with Crippen LogP contribution in [-0.2, 0) is 6.42 Å². The Kier molecular flexibility index (Phi) is 4.68. The molecule has 0 amide bonds. The molecule has 0 heterocycles. The molecule has 110 valence electrons. The Morgan fingerprint density at radius 3 is 2.86 bits per heavy atom. The third-order valence-corrected chi connectivity index (χ3v) is 5.62. The van der Waals surface area contributed by atoms with E-state index >= 15 is 0 Å². The predicted octanol–water partition coefficient (Wildman–Crippen LogP) is 5.61. The quantitative estimate of drug-likeness (QED) is 0.752. The number of hydrogen-bond donors (Lipinski definition) is 1. The van der Waals surface area contributed by atoms with Crippen molar-refractivity contribution in [2.75, 3.05) is 0 Å². The van der Waals surface area contributed by atoms with Crippen molar-refractivity contribution in [1.82, 2.24) is 0 Å². The normalized spacial score (nSPS) is 19.1. The molecule has 3 rings (SSSR count). The molecule has 0 saturated carbocycles. The SMILES string of the molecule is NC(CC1CCCc2ccccc21)c1ccc(Cl)c(Br)c1. The zero-order valence-electron chi connectivity index (χ0n) is 11.9. The summed E-state index contributed by atoms with van der Waals surface area (Å²) in [4.78, 5) is 0. The molecule has 1 aliphatic rings. The zero-order chi connectivity index (χ0) is 14.8. The Morgan fingerprint density at radius 1 is 1.24 bits per heavy atom. The molecule has 0 saturated heterocycles. The van der Waals surface area contributed by atoms with Crippen LogP contribution in [0.4, 0.5) is 0 Å². The topological polar surface area (TPSA) is 26.0 Å². The van der Waals surface area contributed by atoms with Gasteiger partial charge in [-0.1, -0.05) is 41.9 Å². The van der Waals surface area contributed by atoms with Gasteiger partial charge in [-0.3, -0.25) is 0 Å². The average molecular weight is 365 g/mol. The molecular weight excluding hydrogens is 346 g/mol. The minimum absolute atomic E-state index is 0.0507. The molecule has 21 heavy (non-hydrogen) atoms. The van der Waals surface area contributed by atoms with Gasteiger partial charge in [0, 0.05) is 10.5 Å². The first-order valence-corrected chi connectivity index (χ1v) is 8.60. The van der Waals surface area contributed by atoms with Gasteiger partial charge in [0.1, 0.15) is 0 Å². The third-order valence-electron chi connectivity index (χ3n) is 4.40. The van der Waals surface area contributed by atoms with Gasteiger partial charge in [-0.2, -0.15) is 0 Å². The molecule has 2 aromatic carbocycles. The molecule has 0 spiro atoms. The Balaban J connectivity index is 1.79. The maximum absolute atomic E-state index is 6.44. The number of fused-ring (bicyclic) bond motifs is 1. The van der Waals surface area contributed by atoms with Gasteiger partial charge in [-0.15, -0.1) is 0 Å². The van der Waals surface area contributed by atoms with Crippen molar-refractivity contribution >= 4 is 27.5 Å². The van der Waals surface area contributed by atoms with Gasteiger partial charge in [0.2, 0.25) is 0 Å². The Morgan fingerprint density at radius 2 is 2.05 bits per heavy atom. The second kappa shape index (κ2) is 6.51. The lowest BCUT2D eigenvalue weighted by atomic mass is 9.79. The van der Waals surface area contributed by atoms with E-state index in [1.165, 1.54) is 30.4 Å². The molecule has 2 unspecified atom stereocenters. The van der Waals surface area contributed by atoms with Gasteiger partial charge in [-0.05, 0) is 76.4 Å². The molecular formula is C18H19BrClN. The van der Waals surface area contributed by atoms with Crippen LogP contribution in [0.15, 0.2) is 46.9 Å². The molecule has 2 N–H and O–H groups in total. The van der Waals surface area contributed by atoms with Crippen LogP contribution >= 0.6 is 27.5 Å². The van der Waals surface area contributed by atoms with Crippen LogP contribution in [0.1, 0.15) is 47.9 Å². The Bertz CT molecular complexity index is 641. The fourth-order valence-corrected chi connectivity index (χ4v) is 3.80. The van der Waals surface area contributed by atoms with Crippen LogP contribution in [0.25, 0.3) is 0 Å². The van der Waals surface area contributed by atoms with Gasteiger partial charge in [0.15, 0.2) is 0 Å². The smallest absolute Gasteiger partial charge is 0.0548 e. The van der Waals surface area contributed by atoms with Gasteiger partial charge in [0.05, 0.1) is 5.02 Å². The third kappa shape index (κ3) is 3.33. The summed E-state index contributed by atoms with van der Waals surface area (Å²) in [5, 5.41) is 0.731. The summed E-state index contributed by atoms with van der Waals surface area (Å²) >= 11 is 9.53. The van der Waals surface area contributed by atoms with E-state index in [9.17, 15) is 0 Å². The van der Waals surface area contributed by atoms with Crippen LogP contribution in [0, 0.1) is 0 Å². The maximum atomic E-state index is 6.44. The Hall–Kier alpha value is -0.830. The van der Waals surface area contributed by atoms with Crippen LogP contribution in [-0.4, -0.2) is 0 Å². The van der Waals surface area contributed by atoms with E-state index in [2.05, 4.69) is 40.2 Å². The number of aryl methyl sites for hydroxylation is 1. The van der Waals surface area contributed by atoms with Crippen molar-refractivity contribution < 1.29 is 0 Å². The van der Waals surface area contributed by atoms with Gasteiger partial charge in [0.25, 0.3) is 0 Å². The highest BCUT2D eigenvalue weighted by Gasteiger charge is 2.22. The van der Waals surface area contributed by atoms with Crippen LogP contribution in [0.3, 0.4) is 0 Å². The minimum Gasteiger partial charge on any atom is -0.324 e. The van der Waals surface area contributed by atoms with E-state index in [-0.39, 0.29) is 6.04 Å². The van der Waals surface area contributed by atoms with Gasteiger partial charge >= 0.3 is 0 Å². The second-order valence-electron chi connectivity index (χ2n) is 5.80. The lowest BCUT2D eigenvalue weighted by Crippen LogP contribution is -2.18. The molecule has 2 aromatic rings. The number of benzene rings is 2. The molecule has 1 aliphatic carbocycles. The number of rotatable bonds is 3.